The van der Waals surface area contributed by atoms with Gasteiger partial charge in [0, 0.05) is 59.3 Å². The predicted molar refractivity (Wildman–Crippen MR) is 381 cm³/mol. The molecule has 0 spiro atoms. The van der Waals surface area contributed by atoms with Crippen LogP contribution in [0.1, 0.15) is 267 Å². The molecule has 580 valence electrons. The van der Waals surface area contributed by atoms with Crippen molar-refractivity contribution < 1.29 is 116 Å². The molecule has 2 rings (SSSR count). The van der Waals surface area contributed by atoms with Crippen LogP contribution in [0.25, 0.3) is 0 Å². The lowest BCUT2D eigenvalue weighted by atomic mass is 10.0. The molecule has 30 heteroatoms. The average Bonchev–Trinajstić information content (AvgIpc) is 0.816. The van der Waals surface area contributed by atoms with Crippen LogP contribution in [-0.4, -0.2) is 210 Å². The molecular formula is C74H110N6O24. The highest BCUT2D eigenvalue weighted by atomic mass is 16.6. The number of anilines is 2. The molecule has 0 bridgehead atoms. The summed E-state index contributed by atoms with van der Waals surface area (Å²) in [5, 5.41) is 41.8. The van der Waals surface area contributed by atoms with Gasteiger partial charge in [0.15, 0.2) is 0 Å². The van der Waals surface area contributed by atoms with Crippen molar-refractivity contribution in [1.82, 2.24) is 19.6 Å². The fourth-order valence-corrected chi connectivity index (χ4v) is 10.1. The second-order valence-electron chi connectivity index (χ2n) is 29.3. The molecule has 0 saturated carbocycles. The van der Waals surface area contributed by atoms with Gasteiger partial charge < -0.3 is 79.2 Å². The molecule has 0 radical (unpaired) electrons. The summed E-state index contributed by atoms with van der Waals surface area (Å²) in [7, 11) is 0. The summed E-state index contributed by atoms with van der Waals surface area (Å²) < 4.78 is 21.8. The third-order valence-corrected chi connectivity index (χ3v) is 14.2. The van der Waals surface area contributed by atoms with Crippen LogP contribution >= 0.6 is 0 Å². The van der Waals surface area contributed by atoms with E-state index in [1.807, 2.05) is 0 Å². The Labute approximate surface area is 608 Å². The van der Waals surface area contributed by atoms with Crippen LogP contribution in [0.5, 0.6) is 0 Å². The van der Waals surface area contributed by atoms with E-state index in [4.69, 9.17) is 39.4 Å². The number of nitrogens with one attached hydrogen (secondary N) is 2. The smallest absolute Gasteiger partial charge is 0.326 e. The summed E-state index contributed by atoms with van der Waals surface area (Å²) in [5.74, 6) is -13.7. The van der Waals surface area contributed by atoms with Gasteiger partial charge in [-0.15, -0.1) is 0 Å². The number of ether oxygens (including phenoxy) is 4. The van der Waals surface area contributed by atoms with Crippen LogP contribution in [0.2, 0.25) is 0 Å². The van der Waals surface area contributed by atoms with E-state index in [1.54, 1.807) is 96.9 Å². The number of amides is 6. The van der Waals surface area contributed by atoms with E-state index in [0.29, 0.717) is 35.5 Å². The molecule has 0 unspecified atom stereocenters. The second kappa shape index (κ2) is 45.5. The highest BCUT2D eigenvalue weighted by molar-refractivity contribution is 6.06. The van der Waals surface area contributed by atoms with Crippen LogP contribution in [0.4, 0.5) is 11.4 Å². The molecule has 2 aromatic rings. The molecule has 30 nitrogen and oxygen atoms in total. The Morgan fingerprint density at radius 3 is 0.654 bits per heavy atom. The van der Waals surface area contributed by atoms with E-state index < -0.39 is 152 Å². The predicted octanol–water partition coefficient (Wildman–Crippen LogP) is 9.70. The quantitative estimate of drug-likeness (QED) is 0.0204. The van der Waals surface area contributed by atoms with E-state index in [2.05, 4.69) is 10.6 Å². The molecule has 0 aliphatic rings. The summed E-state index contributed by atoms with van der Waals surface area (Å²) in [6.45, 7) is 16.4. The van der Waals surface area contributed by atoms with Gasteiger partial charge in [0.05, 0.1) is 0 Å². The highest BCUT2D eigenvalue weighted by Crippen LogP contribution is 2.24. The largest absolute Gasteiger partial charge is 0.480 e. The van der Waals surface area contributed by atoms with E-state index in [-0.39, 0.29) is 63.9 Å². The maximum Gasteiger partial charge on any atom is 0.326 e. The molecule has 6 amide bonds. The van der Waals surface area contributed by atoms with Crippen molar-refractivity contribution in [3.05, 3.63) is 58.7 Å². The van der Waals surface area contributed by atoms with Gasteiger partial charge in [0.25, 0.3) is 23.6 Å². The lowest BCUT2D eigenvalue weighted by molar-refractivity contribution is -0.160. The van der Waals surface area contributed by atoms with Crippen molar-refractivity contribution in [2.75, 3.05) is 63.0 Å². The molecule has 0 aliphatic heterocycles. The summed E-state index contributed by atoms with van der Waals surface area (Å²) >= 11 is 0. The van der Waals surface area contributed by atoms with Crippen molar-refractivity contribution in [3.63, 3.8) is 0 Å². The van der Waals surface area contributed by atoms with Crippen LogP contribution < -0.4 is 10.6 Å². The zero-order valence-corrected chi connectivity index (χ0v) is 63.0. The van der Waals surface area contributed by atoms with Gasteiger partial charge >= 0.3 is 47.8 Å². The number of rotatable bonds is 44. The lowest BCUT2D eigenvalue weighted by Gasteiger charge is -2.27. The Kier molecular flexibility index (Phi) is 40.4. The zero-order chi connectivity index (χ0) is 79.3. The molecule has 0 fully saturated rings. The third kappa shape index (κ3) is 44.0. The fourth-order valence-electron chi connectivity index (χ4n) is 10.1. The van der Waals surface area contributed by atoms with Gasteiger partial charge in [-0.3, -0.25) is 67.1 Å². The SMILES string of the molecule is CC(=O)CCCCCCCCCCC(=O)Nc1cc(C(=O)N(CC(=O)O)CC(=O)O)cc(C(=O)N(CC(=O)O)CC(=O)O)c1.CC(=O)CCCCCCCCCCC(=O)Nc1cc(C(=O)N(CC(=O)OC(C)(C)C)CC(=O)OC(C)(C)C)cc(C(=O)N(CC(=O)OC(C)(C)C)CC(=O)OC(C)(C)C)c1. The molecule has 0 saturated heterocycles. The van der Waals surface area contributed by atoms with Crippen LogP contribution in [0.3, 0.4) is 0 Å². The first-order valence-corrected chi connectivity index (χ1v) is 34.9. The van der Waals surface area contributed by atoms with Gasteiger partial charge in [0.1, 0.15) is 86.3 Å². The van der Waals surface area contributed by atoms with Crippen molar-refractivity contribution in [2.45, 2.75) is 248 Å². The molecule has 104 heavy (non-hydrogen) atoms. The molecule has 0 heterocycles. The number of unbranched alkanes of at least 4 members (excludes halogenated alkanes) is 14. The normalized spacial score (nSPS) is 11.3. The highest BCUT2D eigenvalue weighted by Gasteiger charge is 2.33. The monoisotopic (exact) mass is 1470 g/mol. The topological polar surface area (TPSA) is 428 Å². The first kappa shape index (κ1) is 92.4. The number of hydrogen-bond donors (Lipinski definition) is 6. The summed E-state index contributed by atoms with van der Waals surface area (Å²) in [4.78, 5) is 203. The zero-order valence-electron chi connectivity index (χ0n) is 63.0. The molecule has 0 aliphatic carbocycles. The average molecular weight is 1470 g/mol. The maximum absolute atomic E-state index is 14.3. The Morgan fingerprint density at radius 2 is 0.471 bits per heavy atom. The number of carbonyl (C=O) groups is 16. The molecule has 0 atom stereocenters. The number of carbonyl (C=O) groups excluding carboxylic acids is 12. The first-order chi connectivity index (χ1) is 48.1. The van der Waals surface area contributed by atoms with Crippen LogP contribution in [0.15, 0.2) is 36.4 Å². The van der Waals surface area contributed by atoms with Crippen molar-refractivity contribution in [1.29, 1.82) is 0 Å². The van der Waals surface area contributed by atoms with E-state index in [1.165, 1.54) is 18.2 Å². The van der Waals surface area contributed by atoms with E-state index >= 15 is 0 Å². The minimum absolute atomic E-state index is 0.0451. The molecular weight excluding hydrogens is 1360 g/mol. The van der Waals surface area contributed by atoms with E-state index in [9.17, 15) is 76.7 Å². The lowest BCUT2D eigenvalue weighted by Crippen LogP contribution is -2.44. The summed E-state index contributed by atoms with van der Waals surface area (Å²) in [6.07, 6.45) is 15.8. The van der Waals surface area contributed by atoms with Gasteiger partial charge in [-0.1, -0.05) is 77.0 Å². The summed E-state index contributed by atoms with van der Waals surface area (Å²) in [5.41, 5.74) is -4.86. The third-order valence-electron chi connectivity index (χ3n) is 14.2. The fraction of sp³-hybridized carbons (Fsp3) is 0.622. The molecule has 0 aromatic heterocycles. The van der Waals surface area contributed by atoms with Crippen molar-refractivity contribution >= 4 is 106 Å². The number of carboxylic acid groups (broad SMARTS) is 4. The summed E-state index contributed by atoms with van der Waals surface area (Å²) in [6, 6.07) is 6.97. The van der Waals surface area contributed by atoms with Gasteiger partial charge in [-0.25, -0.2) is 0 Å². The Balaban J connectivity index is 0.00000109. The van der Waals surface area contributed by atoms with Crippen LogP contribution in [0, 0.1) is 0 Å². The second-order valence-corrected chi connectivity index (χ2v) is 29.3. The Bertz CT molecular complexity index is 3060. The molecule has 2 aromatic carbocycles. The Hall–Kier alpha value is -9.64. The van der Waals surface area contributed by atoms with Crippen LogP contribution in [-0.2, 0) is 76.5 Å². The number of benzene rings is 2. The first-order valence-electron chi connectivity index (χ1n) is 34.9. The number of ketones is 2. The van der Waals surface area contributed by atoms with E-state index in [0.717, 1.165) is 118 Å². The minimum Gasteiger partial charge on any atom is -0.480 e. The number of carboxylic acids is 4. The molecule has 6 N–H and O–H groups in total. The maximum atomic E-state index is 14.3. The number of aliphatic carboxylic acids is 4. The van der Waals surface area contributed by atoms with Crippen molar-refractivity contribution in [2.24, 2.45) is 0 Å². The van der Waals surface area contributed by atoms with Gasteiger partial charge in [-0.2, -0.15) is 0 Å². The number of nitrogens with zero attached hydrogens (tertiary/aromatic N) is 4. The number of Topliss-reactive ketones (excluding diaryl/α,β-unsaturated/α-hetero) is 2. The standard InChI is InChI=1S/C45H71N3O12.C29H39N3O12/c1-31(49)22-20-18-16-14-15-17-19-21-23-35(50)46-34-25-32(40(55)47(27-36(51)57-42(2,3)4)28-37(52)58-43(5,6)7)24-33(26-34)41(56)48(29-38(53)59-44(8,9)10)30-39(54)60-45(11,12)13;1-19(33)10-8-6-4-2-3-5-7-9-11-23(34)30-22-13-20(28(43)31(15-24(35)36)16-25(37)38)12-21(14-22)29(44)32(17-26(39)40)18-27(41)42/h24-26H,14-23,27-30H2,1-13H3,(H,46,50);12-14H,2-11,15-18H2,1H3,(H,30,34)(H,35,36)(H,37,38)(H,39,40)(H,41,42). The number of esters is 4. The van der Waals surface area contributed by atoms with Crippen molar-refractivity contribution in [3.8, 4) is 0 Å². The Morgan fingerprint density at radius 1 is 0.288 bits per heavy atom. The number of hydrogen-bond acceptors (Lipinski definition) is 20. The van der Waals surface area contributed by atoms with Gasteiger partial charge in [-0.05, 0) is 159 Å². The minimum atomic E-state index is -1.51. The van der Waals surface area contributed by atoms with Gasteiger partial charge in [0.2, 0.25) is 11.8 Å².